The van der Waals surface area contributed by atoms with Gasteiger partial charge in [0, 0.05) is 33.8 Å². The van der Waals surface area contributed by atoms with Crippen LogP contribution < -0.4 is 10.1 Å². The van der Waals surface area contributed by atoms with Crippen LogP contribution in [0.4, 0.5) is 5.69 Å². The van der Waals surface area contributed by atoms with Crippen LogP contribution in [0.5, 0.6) is 5.75 Å². The summed E-state index contributed by atoms with van der Waals surface area (Å²) in [6, 6.07) is 18.7. The third kappa shape index (κ3) is 5.75. The molecule has 144 valence electrons. The molecule has 28 heavy (non-hydrogen) atoms. The summed E-state index contributed by atoms with van der Waals surface area (Å²) in [5, 5.41) is 3.53. The predicted molar refractivity (Wildman–Crippen MR) is 115 cm³/mol. The van der Waals surface area contributed by atoms with Gasteiger partial charge in [-0.05, 0) is 74.0 Å². The molecule has 3 aromatic rings. The van der Waals surface area contributed by atoms with Gasteiger partial charge in [-0.1, -0.05) is 17.7 Å². The fraction of sp³-hybridized carbons (Fsp3) is 0.182. The summed E-state index contributed by atoms with van der Waals surface area (Å²) in [5.74, 6) is 1.21. The molecule has 0 atom stereocenters. The lowest BCUT2D eigenvalue weighted by Crippen LogP contribution is -2.42. The smallest absolute Gasteiger partial charge is 0.267 e. The van der Waals surface area contributed by atoms with Crippen molar-refractivity contribution < 1.29 is 9.53 Å². The molecule has 0 aliphatic carbocycles. The largest absolute Gasteiger partial charge is 0.478 e. The van der Waals surface area contributed by atoms with Crippen LogP contribution in [0.1, 0.15) is 19.4 Å². The van der Waals surface area contributed by atoms with E-state index in [1.807, 2.05) is 36.5 Å². The summed E-state index contributed by atoms with van der Waals surface area (Å²) in [6.07, 6.45) is 3.63. The van der Waals surface area contributed by atoms with Crippen LogP contribution in [0.25, 0.3) is 0 Å². The highest BCUT2D eigenvalue weighted by molar-refractivity contribution is 7.98. The Labute approximate surface area is 174 Å². The van der Waals surface area contributed by atoms with Gasteiger partial charge in [-0.25, -0.2) is 0 Å². The van der Waals surface area contributed by atoms with Crippen molar-refractivity contribution in [3.05, 3.63) is 83.6 Å². The van der Waals surface area contributed by atoms with E-state index >= 15 is 0 Å². The average Bonchev–Trinajstić information content (AvgIpc) is 2.70. The molecule has 0 aliphatic rings. The quantitative estimate of drug-likeness (QED) is 0.496. The van der Waals surface area contributed by atoms with Crippen LogP contribution in [0, 0.1) is 0 Å². The third-order valence-corrected chi connectivity index (χ3v) is 5.31. The summed E-state index contributed by atoms with van der Waals surface area (Å²) in [5.41, 5.74) is 0.871. The first-order valence-electron chi connectivity index (χ1n) is 8.80. The first-order valence-corrected chi connectivity index (χ1v) is 10.2. The number of nitrogens with zero attached hydrogens (tertiary/aromatic N) is 1. The fourth-order valence-electron chi connectivity index (χ4n) is 2.41. The van der Waals surface area contributed by atoms with E-state index in [0.717, 1.165) is 16.3 Å². The van der Waals surface area contributed by atoms with Crippen LogP contribution in [0.3, 0.4) is 0 Å². The monoisotopic (exact) mass is 412 g/mol. The Balaban J connectivity index is 1.56. The summed E-state index contributed by atoms with van der Waals surface area (Å²) in [7, 11) is 0. The third-order valence-electron chi connectivity index (χ3n) is 3.97. The van der Waals surface area contributed by atoms with Crippen molar-refractivity contribution in [2.75, 3.05) is 5.32 Å². The average molecular weight is 413 g/mol. The highest BCUT2D eigenvalue weighted by Gasteiger charge is 2.30. The number of hydrogen-bond donors (Lipinski definition) is 1. The number of rotatable bonds is 7. The Morgan fingerprint density at radius 2 is 1.82 bits per heavy atom. The predicted octanol–water partition coefficient (Wildman–Crippen LogP) is 5.82. The molecule has 0 saturated heterocycles. The minimum absolute atomic E-state index is 0.224. The molecule has 0 spiro atoms. The maximum Gasteiger partial charge on any atom is 0.267 e. The molecule has 1 N–H and O–H groups in total. The van der Waals surface area contributed by atoms with Crippen LogP contribution in [-0.2, 0) is 10.5 Å². The van der Waals surface area contributed by atoms with E-state index < -0.39 is 5.60 Å². The molecule has 0 fully saturated rings. The van der Waals surface area contributed by atoms with Gasteiger partial charge in [0.15, 0.2) is 5.60 Å². The number of nitrogens with one attached hydrogen (secondary N) is 1. The van der Waals surface area contributed by atoms with E-state index in [0.29, 0.717) is 10.8 Å². The number of carbonyl (C=O) groups excluding carboxylic acids is 1. The second-order valence-electron chi connectivity index (χ2n) is 6.69. The second-order valence-corrected chi connectivity index (χ2v) is 8.18. The number of hydrogen-bond acceptors (Lipinski definition) is 4. The van der Waals surface area contributed by atoms with Gasteiger partial charge in [-0.2, -0.15) is 0 Å². The maximum atomic E-state index is 12.6. The number of thioether (sulfide) groups is 1. The van der Waals surface area contributed by atoms with Gasteiger partial charge in [0.25, 0.3) is 5.91 Å². The number of aromatic nitrogens is 1. The zero-order valence-electron chi connectivity index (χ0n) is 15.7. The zero-order chi connectivity index (χ0) is 20.0. The molecule has 3 rings (SSSR count). The molecule has 2 aromatic carbocycles. The Kier molecular flexibility index (Phi) is 6.60. The summed E-state index contributed by atoms with van der Waals surface area (Å²) >= 11 is 7.60. The molecule has 4 nitrogen and oxygen atoms in total. The highest BCUT2D eigenvalue weighted by atomic mass is 35.5. The van der Waals surface area contributed by atoms with Gasteiger partial charge < -0.3 is 10.1 Å². The van der Waals surface area contributed by atoms with Gasteiger partial charge in [-0.15, -0.1) is 11.8 Å². The summed E-state index contributed by atoms with van der Waals surface area (Å²) in [4.78, 5) is 17.9. The van der Waals surface area contributed by atoms with Crippen LogP contribution >= 0.6 is 23.4 Å². The second kappa shape index (κ2) is 9.13. The number of carbonyl (C=O) groups is 1. The highest BCUT2D eigenvalue weighted by Crippen LogP contribution is 2.25. The first kappa shape index (κ1) is 20.2. The number of amides is 1. The molecule has 0 saturated carbocycles. The van der Waals surface area contributed by atoms with Gasteiger partial charge in [0.2, 0.25) is 0 Å². The van der Waals surface area contributed by atoms with E-state index in [-0.39, 0.29) is 5.91 Å². The van der Waals surface area contributed by atoms with E-state index in [1.165, 1.54) is 5.56 Å². The molecular weight excluding hydrogens is 392 g/mol. The van der Waals surface area contributed by atoms with Gasteiger partial charge >= 0.3 is 0 Å². The van der Waals surface area contributed by atoms with Gasteiger partial charge in [0.1, 0.15) is 5.75 Å². The summed E-state index contributed by atoms with van der Waals surface area (Å²) < 4.78 is 5.82. The molecule has 0 aliphatic heterocycles. The SMILES string of the molecule is CC(C)(Oc1ccc(Cl)cc1)C(=O)Nc1ccc(SCc2cccnc2)cc1. The van der Waals surface area contributed by atoms with Crippen LogP contribution in [-0.4, -0.2) is 16.5 Å². The lowest BCUT2D eigenvalue weighted by Gasteiger charge is -2.25. The Morgan fingerprint density at radius 1 is 1.11 bits per heavy atom. The Morgan fingerprint density at radius 3 is 2.46 bits per heavy atom. The lowest BCUT2D eigenvalue weighted by atomic mass is 10.1. The molecule has 6 heteroatoms. The molecule has 0 bridgehead atoms. The molecule has 1 aromatic heterocycles. The normalized spacial score (nSPS) is 11.1. The number of ether oxygens (including phenoxy) is 1. The van der Waals surface area contributed by atoms with Crippen molar-refractivity contribution in [1.29, 1.82) is 0 Å². The fourth-order valence-corrected chi connectivity index (χ4v) is 3.37. The van der Waals surface area contributed by atoms with Crippen LogP contribution in [0.15, 0.2) is 78.0 Å². The van der Waals surface area contributed by atoms with E-state index in [9.17, 15) is 4.79 Å². The molecule has 0 unspecified atom stereocenters. The minimum atomic E-state index is -1.03. The number of pyridine rings is 1. The number of anilines is 1. The van der Waals surface area contributed by atoms with Crippen molar-refractivity contribution in [2.45, 2.75) is 30.1 Å². The molecular formula is C22H21ClN2O2S. The van der Waals surface area contributed by atoms with Crippen molar-refractivity contribution >= 4 is 35.0 Å². The Hall–Kier alpha value is -2.50. The van der Waals surface area contributed by atoms with Crippen molar-refractivity contribution in [1.82, 2.24) is 4.98 Å². The van der Waals surface area contributed by atoms with Gasteiger partial charge in [0.05, 0.1) is 0 Å². The minimum Gasteiger partial charge on any atom is -0.478 e. The molecule has 1 amide bonds. The van der Waals surface area contributed by atoms with Crippen molar-refractivity contribution in [3.63, 3.8) is 0 Å². The van der Waals surface area contributed by atoms with E-state index in [2.05, 4.69) is 16.4 Å². The Bertz CT molecular complexity index is 914. The van der Waals surface area contributed by atoms with Crippen molar-refractivity contribution in [3.8, 4) is 5.75 Å². The topological polar surface area (TPSA) is 51.2 Å². The lowest BCUT2D eigenvalue weighted by molar-refractivity contribution is -0.128. The molecule has 0 radical (unpaired) electrons. The number of benzene rings is 2. The number of halogens is 1. The van der Waals surface area contributed by atoms with Gasteiger partial charge in [-0.3, -0.25) is 9.78 Å². The summed E-state index contributed by atoms with van der Waals surface area (Å²) in [6.45, 7) is 3.46. The molecule has 1 heterocycles. The van der Waals surface area contributed by atoms with Crippen molar-refractivity contribution in [2.24, 2.45) is 0 Å². The standard InChI is InChI=1S/C22H21ClN2O2S/c1-22(2,27-19-9-5-17(23)6-10-19)21(26)25-18-7-11-20(12-8-18)28-15-16-4-3-13-24-14-16/h3-14H,15H2,1-2H3,(H,25,26). The zero-order valence-corrected chi connectivity index (χ0v) is 17.3. The van der Waals surface area contributed by atoms with Crippen LogP contribution in [0.2, 0.25) is 5.02 Å². The first-order chi connectivity index (χ1) is 13.4. The maximum absolute atomic E-state index is 12.6. The van der Waals surface area contributed by atoms with E-state index in [1.54, 1.807) is 56.1 Å². The van der Waals surface area contributed by atoms with E-state index in [4.69, 9.17) is 16.3 Å².